The molecule has 1 aliphatic heterocycles. The number of benzene rings is 1. The number of hydrogen-bond acceptors (Lipinski definition) is 3. The van der Waals surface area contributed by atoms with Crippen LogP contribution in [0.5, 0.6) is 0 Å². The molecule has 1 heterocycles. The Morgan fingerprint density at radius 2 is 2.00 bits per heavy atom. The summed E-state index contributed by atoms with van der Waals surface area (Å²) in [4.78, 5) is 4.84. The molecule has 2 unspecified atom stereocenters. The summed E-state index contributed by atoms with van der Waals surface area (Å²) in [6, 6.07) is 11.2. The van der Waals surface area contributed by atoms with Gasteiger partial charge in [0.25, 0.3) is 0 Å². The Morgan fingerprint density at radius 1 is 1.26 bits per heavy atom. The topological polar surface area (TPSA) is 30.3 Å². The smallest absolute Gasteiger partial charge is 0.0950 e. The van der Waals surface area contributed by atoms with Gasteiger partial charge in [0.05, 0.1) is 12.1 Å². The summed E-state index contributed by atoms with van der Waals surface area (Å²) < 4.78 is 0. The van der Waals surface area contributed by atoms with Crippen LogP contribution < -0.4 is 0 Å². The van der Waals surface area contributed by atoms with Crippen LogP contribution in [0, 0.1) is 11.3 Å². The van der Waals surface area contributed by atoms with E-state index in [-0.39, 0.29) is 6.04 Å². The predicted octanol–water partition coefficient (Wildman–Crippen LogP) is 1.86. The Hall–Kier alpha value is -1.37. The average Bonchev–Trinajstić information content (AvgIpc) is 2.44. The monoisotopic (exact) mass is 255 g/mol. The van der Waals surface area contributed by atoms with E-state index in [0.29, 0.717) is 0 Å². The second-order valence-electron chi connectivity index (χ2n) is 5.74. The van der Waals surface area contributed by atoms with Crippen LogP contribution in [0.15, 0.2) is 24.3 Å². The van der Waals surface area contributed by atoms with Gasteiger partial charge in [-0.2, -0.15) is 5.26 Å². The number of piperazine rings is 1. The zero-order valence-electron chi connectivity index (χ0n) is 11.5. The molecule has 0 N–H and O–H groups in total. The number of hydrogen-bond donors (Lipinski definition) is 0. The van der Waals surface area contributed by atoms with E-state index >= 15 is 0 Å². The molecule has 1 aliphatic carbocycles. The lowest BCUT2D eigenvalue weighted by molar-refractivity contribution is 0.112. The molecule has 0 bridgehead atoms. The highest BCUT2D eigenvalue weighted by molar-refractivity contribution is 5.40. The lowest BCUT2D eigenvalue weighted by Gasteiger charge is -2.40. The molecule has 3 rings (SSSR count). The van der Waals surface area contributed by atoms with E-state index < -0.39 is 0 Å². The van der Waals surface area contributed by atoms with Crippen LogP contribution in [0.3, 0.4) is 0 Å². The van der Waals surface area contributed by atoms with Gasteiger partial charge in [0, 0.05) is 38.6 Å². The fraction of sp³-hybridized carbons (Fsp3) is 0.562. The highest BCUT2D eigenvalue weighted by atomic mass is 15.3. The van der Waals surface area contributed by atoms with Crippen molar-refractivity contribution in [1.82, 2.24) is 9.80 Å². The van der Waals surface area contributed by atoms with Crippen LogP contribution in [0.1, 0.15) is 24.0 Å². The van der Waals surface area contributed by atoms with Gasteiger partial charge in [-0.05, 0) is 24.5 Å². The van der Waals surface area contributed by atoms with E-state index in [1.165, 1.54) is 18.5 Å². The Kier molecular flexibility index (Phi) is 3.54. The number of nitriles is 1. The Morgan fingerprint density at radius 3 is 2.68 bits per heavy atom. The van der Waals surface area contributed by atoms with E-state index in [2.05, 4.69) is 40.1 Å². The van der Waals surface area contributed by atoms with Crippen molar-refractivity contribution in [3.8, 4) is 6.07 Å². The van der Waals surface area contributed by atoms with E-state index in [1.807, 2.05) is 6.92 Å². The van der Waals surface area contributed by atoms with Crippen molar-refractivity contribution in [3.63, 3.8) is 0 Å². The van der Waals surface area contributed by atoms with Crippen molar-refractivity contribution in [2.24, 2.45) is 0 Å². The average molecular weight is 255 g/mol. The minimum absolute atomic E-state index is 0.0616. The van der Waals surface area contributed by atoms with Crippen molar-refractivity contribution < 1.29 is 0 Å². The van der Waals surface area contributed by atoms with Crippen molar-refractivity contribution in [1.29, 1.82) is 5.26 Å². The summed E-state index contributed by atoms with van der Waals surface area (Å²) in [6.45, 7) is 7.45. The van der Waals surface area contributed by atoms with Crippen LogP contribution in [0.25, 0.3) is 0 Å². The molecule has 0 spiro atoms. The molecule has 1 aromatic carbocycles. The zero-order valence-corrected chi connectivity index (χ0v) is 11.5. The van der Waals surface area contributed by atoms with Crippen LogP contribution >= 0.6 is 0 Å². The summed E-state index contributed by atoms with van der Waals surface area (Å²) in [6.07, 6.45) is 1.24. The molecule has 0 radical (unpaired) electrons. The van der Waals surface area contributed by atoms with Crippen molar-refractivity contribution in [2.45, 2.75) is 25.3 Å². The van der Waals surface area contributed by atoms with Gasteiger partial charge in [-0.1, -0.05) is 24.3 Å². The second-order valence-corrected chi connectivity index (χ2v) is 5.74. The molecule has 3 heteroatoms. The third-order valence-corrected chi connectivity index (χ3v) is 4.58. The van der Waals surface area contributed by atoms with Crippen LogP contribution in [0.2, 0.25) is 0 Å². The first-order valence-corrected chi connectivity index (χ1v) is 7.22. The van der Waals surface area contributed by atoms with Gasteiger partial charge in [-0.15, -0.1) is 0 Å². The maximum atomic E-state index is 8.95. The fourth-order valence-corrected chi connectivity index (χ4v) is 3.25. The van der Waals surface area contributed by atoms with Crippen molar-refractivity contribution >= 4 is 0 Å². The molecule has 2 aliphatic rings. The first-order valence-electron chi connectivity index (χ1n) is 7.22. The molecule has 2 atom stereocenters. The molecule has 0 aromatic heterocycles. The molecular formula is C16H21N3. The van der Waals surface area contributed by atoms with Crippen molar-refractivity contribution in [3.05, 3.63) is 35.4 Å². The zero-order chi connectivity index (χ0) is 13.2. The molecule has 19 heavy (non-hydrogen) atoms. The summed E-state index contributed by atoms with van der Waals surface area (Å²) in [5.74, 6) is 0.733. The van der Waals surface area contributed by atoms with Crippen molar-refractivity contribution in [2.75, 3.05) is 32.7 Å². The fourth-order valence-electron chi connectivity index (χ4n) is 3.25. The molecule has 1 saturated heterocycles. The normalized spacial score (nSPS) is 25.2. The van der Waals surface area contributed by atoms with E-state index in [4.69, 9.17) is 5.26 Å². The minimum atomic E-state index is 0.0616. The largest absolute Gasteiger partial charge is 0.300 e. The number of fused-ring (bicyclic) bond motifs is 1. The van der Waals surface area contributed by atoms with E-state index in [0.717, 1.165) is 32.1 Å². The summed E-state index contributed by atoms with van der Waals surface area (Å²) >= 11 is 0. The number of rotatable bonds is 3. The molecule has 100 valence electrons. The SMILES string of the molecule is CC(C#N)N1CCN(CC2Cc3ccccc32)CC1. The molecule has 0 amide bonds. The van der Waals surface area contributed by atoms with Gasteiger partial charge in [-0.3, -0.25) is 4.90 Å². The lowest BCUT2D eigenvalue weighted by atomic mass is 9.77. The highest BCUT2D eigenvalue weighted by Gasteiger charge is 2.29. The third-order valence-electron chi connectivity index (χ3n) is 4.58. The Balaban J connectivity index is 1.51. The van der Waals surface area contributed by atoms with Crippen LogP contribution in [-0.2, 0) is 6.42 Å². The Labute approximate surface area is 115 Å². The third kappa shape index (κ3) is 2.51. The highest BCUT2D eigenvalue weighted by Crippen LogP contribution is 2.35. The summed E-state index contributed by atoms with van der Waals surface area (Å²) in [5.41, 5.74) is 3.08. The second kappa shape index (κ2) is 5.32. The molecule has 1 fully saturated rings. The van der Waals surface area contributed by atoms with Crippen LogP contribution in [0.4, 0.5) is 0 Å². The quantitative estimate of drug-likeness (QED) is 0.826. The Bertz CT molecular complexity index is 483. The van der Waals surface area contributed by atoms with Gasteiger partial charge in [0.15, 0.2) is 0 Å². The van der Waals surface area contributed by atoms with E-state index in [9.17, 15) is 0 Å². The van der Waals surface area contributed by atoms with Gasteiger partial charge < -0.3 is 4.90 Å². The van der Waals surface area contributed by atoms with Gasteiger partial charge in [0.1, 0.15) is 0 Å². The number of nitrogens with zero attached hydrogens (tertiary/aromatic N) is 3. The molecule has 1 aromatic rings. The molecular weight excluding hydrogens is 234 g/mol. The maximum Gasteiger partial charge on any atom is 0.0950 e. The molecule has 0 saturated carbocycles. The molecule has 3 nitrogen and oxygen atoms in total. The predicted molar refractivity (Wildman–Crippen MR) is 76.0 cm³/mol. The van der Waals surface area contributed by atoms with Crippen LogP contribution in [-0.4, -0.2) is 48.6 Å². The first kappa shape index (κ1) is 12.7. The van der Waals surface area contributed by atoms with Gasteiger partial charge in [0.2, 0.25) is 0 Å². The summed E-state index contributed by atoms with van der Waals surface area (Å²) in [5, 5.41) is 8.95. The maximum absolute atomic E-state index is 8.95. The first-order chi connectivity index (χ1) is 9.28. The standard InChI is InChI=1S/C16H21N3/c1-13(11-17)19-8-6-18(7-9-19)12-15-10-14-4-2-3-5-16(14)15/h2-5,13,15H,6-10,12H2,1H3. The summed E-state index contributed by atoms with van der Waals surface area (Å²) in [7, 11) is 0. The minimum Gasteiger partial charge on any atom is -0.300 e. The van der Waals surface area contributed by atoms with E-state index in [1.54, 1.807) is 5.56 Å². The lowest BCUT2D eigenvalue weighted by Crippen LogP contribution is -2.50. The van der Waals surface area contributed by atoms with Gasteiger partial charge >= 0.3 is 0 Å². The van der Waals surface area contributed by atoms with Gasteiger partial charge in [-0.25, -0.2) is 0 Å².